The molecule has 0 aliphatic carbocycles. The molecule has 186 valence electrons. The van der Waals surface area contributed by atoms with Gasteiger partial charge in [0, 0.05) is 43.6 Å². The first-order valence-corrected chi connectivity index (χ1v) is 12.6. The Hall–Kier alpha value is -4.39. The second-order valence-electron chi connectivity index (χ2n) is 9.03. The number of nitrogens with zero attached hydrogens (tertiary/aromatic N) is 5. The van der Waals surface area contributed by atoms with Crippen molar-refractivity contribution in [3.05, 3.63) is 97.2 Å². The van der Waals surface area contributed by atoms with Crippen molar-refractivity contribution < 1.29 is 9.13 Å². The van der Waals surface area contributed by atoms with Gasteiger partial charge in [-0.05, 0) is 48.9 Å². The molecule has 7 heteroatoms. The summed E-state index contributed by atoms with van der Waals surface area (Å²) in [5.41, 5.74) is 4.70. The predicted octanol–water partition coefficient (Wildman–Crippen LogP) is 5.95. The quantitative estimate of drug-likeness (QED) is 0.292. The van der Waals surface area contributed by atoms with Crippen LogP contribution in [-0.2, 0) is 0 Å². The summed E-state index contributed by atoms with van der Waals surface area (Å²) in [6.07, 6.45) is 3.78. The van der Waals surface area contributed by atoms with Gasteiger partial charge in [0.25, 0.3) is 0 Å². The number of anilines is 2. The number of para-hydroxylation sites is 1. The van der Waals surface area contributed by atoms with Crippen molar-refractivity contribution in [3.63, 3.8) is 0 Å². The van der Waals surface area contributed by atoms with Gasteiger partial charge in [0.2, 0.25) is 0 Å². The summed E-state index contributed by atoms with van der Waals surface area (Å²) < 4.78 is 22.1. The van der Waals surface area contributed by atoms with Crippen LogP contribution in [0.25, 0.3) is 27.8 Å². The maximum Gasteiger partial charge on any atom is 0.150 e. The van der Waals surface area contributed by atoms with Crippen molar-refractivity contribution in [1.29, 1.82) is 0 Å². The largest absolute Gasteiger partial charge is 0.494 e. The Balaban J connectivity index is 1.40. The molecule has 0 unspecified atom stereocenters. The molecule has 0 saturated carbocycles. The minimum Gasteiger partial charge on any atom is -0.494 e. The topological polar surface area (TPSA) is 46.4 Å². The zero-order valence-corrected chi connectivity index (χ0v) is 20.7. The highest BCUT2D eigenvalue weighted by Crippen LogP contribution is 2.37. The average Bonchev–Trinajstić information content (AvgIpc) is 3.35. The monoisotopic (exact) mass is 493 g/mol. The number of hydrogen-bond acceptors (Lipinski definition) is 5. The molecular weight excluding hydrogens is 465 g/mol. The molecule has 1 aliphatic heterocycles. The fraction of sp³-hybridized carbons (Fsp3) is 0.200. The second kappa shape index (κ2) is 9.93. The first-order chi connectivity index (χ1) is 18.2. The van der Waals surface area contributed by atoms with Gasteiger partial charge in [-0.2, -0.15) is 0 Å². The number of benzene rings is 3. The van der Waals surface area contributed by atoms with E-state index in [2.05, 4.69) is 32.7 Å². The summed E-state index contributed by atoms with van der Waals surface area (Å²) >= 11 is 0. The highest BCUT2D eigenvalue weighted by atomic mass is 19.1. The van der Waals surface area contributed by atoms with Crippen LogP contribution >= 0.6 is 0 Å². The van der Waals surface area contributed by atoms with E-state index in [0.29, 0.717) is 25.4 Å². The number of piperazine rings is 1. The molecule has 5 aromatic rings. The Morgan fingerprint density at radius 2 is 1.51 bits per heavy atom. The van der Waals surface area contributed by atoms with E-state index in [1.54, 1.807) is 12.4 Å². The van der Waals surface area contributed by atoms with Gasteiger partial charge in [0.15, 0.2) is 5.65 Å². The zero-order valence-electron chi connectivity index (χ0n) is 20.7. The third-order valence-electron chi connectivity index (χ3n) is 6.85. The van der Waals surface area contributed by atoms with E-state index >= 15 is 0 Å². The maximum absolute atomic E-state index is 14.4. The first kappa shape index (κ1) is 23.0. The third kappa shape index (κ3) is 4.37. The van der Waals surface area contributed by atoms with E-state index in [9.17, 15) is 4.39 Å². The van der Waals surface area contributed by atoms with Crippen molar-refractivity contribution in [2.24, 2.45) is 0 Å². The number of hydrogen-bond donors (Lipinski definition) is 0. The molecule has 0 amide bonds. The molecule has 0 radical (unpaired) electrons. The Kier molecular flexibility index (Phi) is 6.18. The van der Waals surface area contributed by atoms with Crippen LogP contribution in [0.5, 0.6) is 5.75 Å². The zero-order chi connectivity index (χ0) is 25.2. The van der Waals surface area contributed by atoms with Crippen LogP contribution in [0.15, 0.2) is 91.4 Å². The average molecular weight is 494 g/mol. The molecule has 0 atom stereocenters. The lowest BCUT2D eigenvalue weighted by Gasteiger charge is -2.37. The van der Waals surface area contributed by atoms with Gasteiger partial charge in [0.05, 0.1) is 17.7 Å². The maximum atomic E-state index is 14.4. The first-order valence-electron chi connectivity index (χ1n) is 12.6. The summed E-state index contributed by atoms with van der Waals surface area (Å²) in [5.74, 6) is 1.56. The lowest BCUT2D eigenvalue weighted by molar-refractivity contribution is 0.340. The Bertz CT molecular complexity index is 1510. The van der Waals surface area contributed by atoms with Gasteiger partial charge in [-0.3, -0.25) is 0 Å². The molecule has 37 heavy (non-hydrogen) atoms. The fourth-order valence-electron chi connectivity index (χ4n) is 5.06. The van der Waals surface area contributed by atoms with E-state index in [1.165, 1.54) is 6.07 Å². The summed E-state index contributed by atoms with van der Waals surface area (Å²) in [6, 6.07) is 25.4. The molecule has 0 bridgehead atoms. The molecule has 6 nitrogen and oxygen atoms in total. The number of fused-ring (bicyclic) bond motifs is 1. The van der Waals surface area contributed by atoms with Gasteiger partial charge in [-0.15, -0.1) is 0 Å². The number of rotatable bonds is 6. The van der Waals surface area contributed by atoms with E-state index in [0.717, 1.165) is 52.5 Å². The smallest absolute Gasteiger partial charge is 0.150 e. The second-order valence-corrected chi connectivity index (χ2v) is 9.03. The SMILES string of the molecule is CCOc1ccc(-n2cc(-c3ccccc3)c3c(N4CCN(c5ccccc5F)CC4)ncnc32)cc1. The fourth-order valence-corrected chi connectivity index (χ4v) is 5.06. The summed E-state index contributed by atoms with van der Waals surface area (Å²) in [6.45, 7) is 5.52. The molecule has 1 aliphatic rings. The van der Waals surface area contributed by atoms with E-state index in [4.69, 9.17) is 14.7 Å². The summed E-state index contributed by atoms with van der Waals surface area (Å²) in [7, 11) is 0. The summed E-state index contributed by atoms with van der Waals surface area (Å²) in [4.78, 5) is 13.9. The van der Waals surface area contributed by atoms with Gasteiger partial charge >= 0.3 is 0 Å². The molecule has 0 N–H and O–H groups in total. The Labute approximate surface area is 215 Å². The Morgan fingerprint density at radius 3 is 2.24 bits per heavy atom. The van der Waals surface area contributed by atoms with Crippen LogP contribution in [0.4, 0.5) is 15.9 Å². The van der Waals surface area contributed by atoms with E-state index in [1.807, 2.05) is 61.5 Å². The van der Waals surface area contributed by atoms with Gasteiger partial charge in [-0.25, -0.2) is 14.4 Å². The van der Waals surface area contributed by atoms with Crippen molar-refractivity contribution in [2.75, 3.05) is 42.6 Å². The Morgan fingerprint density at radius 1 is 0.811 bits per heavy atom. The molecule has 3 heterocycles. The number of halogens is 1. The predicted molar refractivity (Wildman–Crippen MR) is 146 cm³/mol. The number of ether oxygens (including phenoxy) is 1. The highest BCUT2D eigenvalue weighted by Gasteiger charge is 2.25. The van der Waals surface area contributed by atoms with Crippen molar-refractivity contribution in [3.8, 4) is 22.6 Å². The molecule has 2 aromatic heterocycles. The molecule has 6 rings (SSSR count). The third-order valence-corrected chi connectivity index (χ3v) is 6.85. The van der Waals surface area contributed by atoms with Crippen LogP contribution in [0, 0.1) is 5.82 Å². The standard InChI is InChI=1S/C30H28FN5O/c1-2-37-24-14-12-23(13-15-24)36-20-25(22-8-4-3-5-9-22)28-29(32-21-33-30(28)36)35-18-16-34(17-19-35)27-11-7-6-10-26(27)31/h3-15,20-21H,2,16-19H2,1H3. The lowest BCUT2D eigenvalue weighted by atomic mass is 10.1. The molecule has 1 saturated heterocycles. The van der Waals surface area contributed by atoms with E-state index in [-0.39, 0.29) is 5.82 Å². The van der Waals surface area contributed by atoms with Gasteiger partial charge in [0.1, 0.15) is 23.7 Å². The lowest BCUT2D eigenvalue weighted by Crippen LogP contribution is -2.47. The normalized spacial score (nSPS) is 13.8. The van der Waals surface area contributed by atoms with Crippen LogP contribution in [0.3, 0.4) is 0 Å². The van der Waals surface area contributed by atoms with Gasteiger partial charge in [-0.1, -0.05) is 42.5 Å². The molecule has 0 spiro atoms. The van der Waals surface area contributed by atoms with Gasteiger partial charge < -0.3 is 19.1 Å². The van der Waals surface area contributed by atoms with Crippen LogP contribution < -0.4 is 14.5 Å². The minimum absolute atomic E-state index is 0.181. The van der Waals surface area contributed by atoms with Crippen molar-refractivity contribution >= 4 is 22.5 Å². The van der Waals surface area contributed by atoms with E-state index < -0.39 is 0 Å². The van der Waals surface area contributed by atoms with Crippen molar-refractivity contribution in [2.45, 2.75) is 6.92 Å². The molecule has 1 fully saturated rings. The molecular formula is C30H28FN5O. The molecule has 3 aromatic carbocycles. The minimum atomic E-state index is -0.181. The van der Waals surface area contributed by atoms with Crippen LogP contribution in [-0.4, -0.2) is 47.3 Å². The van der Waals surface area contributed by atoms with Crippen LogP contribution in [0.2, 0.25) is 0 Å². The number of aromatic nitrogens is 3. The summed E-state index contributed by atoms with van der Waals surface area (Å²) in [5, 5.41) is 1.02. The van der Waals surface area contributed by atoms with Crippen molar-refractivity contribution in [1.82, 2.24) is 14.5 Å². The highest BCUT2D eigenvalue weighted by molar-refractivity contribution is 6.02. The van der Waals surface area contributed by atoms with Crippen LogP contribution in [0.1, 0.15) is 6.92 Å².